The smallest absolute Gasteiger partial charge is 0.317 e. The number of nitrogens with one attached hydrogen (secondary N) is 2. The fourth-order valence-electron chi connectivity index (χ4n) is 4.29. The molecule has 2 N–H and O–H groups in total. The van der Waals surface area contributed by atoms with E-state index in [9.17, 15) is 9.59 Å². The van der Waals surface area contributed by atoms with Gasteiger partial charge < -0.3 is 20.3 Å². The standard InChI is InChI=1S/C25H32N4O3/c30-24(21-9-5-2-6-10-21)26-22-11-13-29(14-12-22)25(31)27-23(20-7-3-1-4-8-20)19-28-15-17-32-18-16-28/h1-10,22-23H,11-19H2,(H,26,30)(H,27,31). The molecule has 2 aromatic carbocycles. The van der Waals surface area contributed by atoms with Crippen LogP contribution in [0.2, 0.25) is 0 Å². The molecule has 1 unspecified atom stereocenters. The van der Waals surface area contributed by atoms with Crippen LogP contribution in [-0.4, -0.2) is 73.7 Å². The molecule has 2 aliphatic rings. The van der Waals surface area contributed by atoms with Crippen LogP contribution in [0, 0.1) is 0 Å². The molecule has 2 aromatic rings. The van der Waals surface area contributed by atoms with Gasteiger partial charge >= 0.3 is 6.03 Å². The van der Waals surface area contributed by atoms with Crippen LogP contribution in [-0.2, 0) is 4.74 Å². The molecule has 2 saturated heterocycles. The number of hydrogen-bond donors (Lipinski definition) is 2. The Morgan fingerprint density at radius 2 is 1.53 bits per heavy atom. The molecular formula is C25H32N4O3. The normalized spacial score (nSPS) is 18.7. The predicted molar refractivity (Wildman–Crippen MR) is 123 cm³/mol. The number of rotatable bonds is 6. The Labute approximate surface area is 189 Å². The summed E-state index contributed by atoms with van der Waals surface area (Å²) < 4.78 is 5.46. The number of hydrogen-bond acceptors (Lipinski definition) is 4. The first-order chi connectivity index (χ1) is 15.7. The molecule has 2 aliphatic heterocycles. The largest absolute Gasteiger partial charge is 0.379 e. The van der Waals surface area contributed by atoms with Crippen molar-refractivity contribution in [2.75, 3.05) is 45.9 Å². The van der Waals surface area contributed by atoms with Gasteiger partial charge in [-0.2, -0.15) is 0 Å². The lowest BCUT2D eigenvalue weighted by Crippen LogP contribution is -2.51. The number of benzene rings is 2. The Kier molecular flexibility index (Phi) is 7.74. The molecule has 0 bridgehead atoms. The van der Waals surface area contributed by atoms with Gasteiger partial charge in [-0.05, 0) is 30.5 Å². The number of likely N-dealkylation sites (tertiary alicyclic amines) is 1. The van der Waals surface area contributed by atoms with Gasteiger partial charge in [0.05, 0.1) is 19.3 Å². The highest BCUT2D eigenvalue weighted by Crippen LogP contribution is 2.17. The molecule has 32 heavy (non-hydrogen) atoms. The summed E-state index contributed by atoms with van der Waals surface area (Å²) in [6.45, 7) is 5.25. The second-order valence-electron chi connectivity index (χ2n) is 8.43. The van der Waals surface area contributed by atoms with E-state index < -0.39 is 0 Å². The van der Waals surface area contributed by atoms with Gasteiger partial charge in [0, 0.05) is 44.3 Å². The summed E-state index contributed by atoms with van der Waals surface area (Å²) in [7, 11) is 0. The Morgan fingerprint density at radius 1 is 0.906 bits per heavy atom. The van der Waals surface area contributed by atoms with Crippen molar-refractivity contribution in [3.05, 3.63) is 71.8 Å². The zero-order valence-corrected chi connectivity index (χ0v) is 18.4. The number of urea groups is 1. The second-order valence-corrected chi connectivity index (χ2v) is 8.43. The van der Waals surface area contributed by atoms with Gasteiger partial charge in [0.25, 0.3) is 5.91 Å². The van der Waals surface area contributed by atoms with E-state index in [-0.39, 0.29) is 24.0 Å². The van der Waals surface area contributed by atoms with Crippen molar-refractivity contribution in [1.29, 1.82) is 0 Å². The van der Waals surface area contributed by atoms with Crippen LogP contribution in [0.25, 0.3) is 0 Å². The summed E-state index contributed by atoms with van der Waals surface area (Å²) >= 11 is 0. The van der Waals surface area contributed by atoms with Gasteiger partial charge in [-0.1, -0.05) is 48.5 Å². The molecule has 0 aliphatic carbocycles. The monoisotopic (exact) mass is 436 g/mol. The van der Waals surface area contributed by atoms with Crippen LogP contribution in [0.15, 0.2) is 60.7 Å². The van der Waals surface area contributed by atoms with Gasteiger partial charge in [-0.25, -0.2) is 4.79 Å². The molecular weight excluding hydrogens is 404 g/mol. The summed E-state index contributed by atoms with van der Waals surface area (Å²) in [4.78, 5) is 29.7. The summed E-state index contributed by atoms with van der Waals surface area (Å²) in [5.41, 5.74) is 1.78. The molecule has 170 valence electrons. The van der Waals surface area contributed by atoms with Gasteiger partial charge in [0.15, 0.2) is 0 Å². The zero-order valence-electron chi connectivity index (χ0n) is 18.4. The van der Waals surface area contributed by atoms with E-state index >= 15 is 0 Å². The Balaban J connectivity index is 1.30. The molecule has 7 heteroatoms. The molecule has 7 nitrogen and oxygen atoms in total. The highest BCUT2D eigenvalue weighted by atomic mass is 16.5. The third-order valence-electron chi connectivity index (χ3n) is 6.20. The van der Waals surface area contributed by atoms with Crippen LogP contribution >= 0.6 is 0 Å². The molecule has 0 radical (unpaired) electrons. The lowest BCUT2D eigenvalue weighted by molar-refractivity contribution is 0.0336. The molecule has 2 heterocycles. The van der Waals surface area contributed by atoms with Crippen LogP contribution < -0.4 is 10.6 Å². The van der Waals surface area contributed by atoms with Gasteiger partial charge in [0.2, 0.25) is 0 Å². The number of piperidine rings is 1. The van der Waals surface area contributed by atoms with Crippen molar-refractivity contribution >= 4 is 11.9 Å². The Morgan fingerprint density at radius 3 is 2.19 bits per heavy atom. The lowest BCUT2D eigenvalue weighted by atomic mass is 10.0. The molecule has 1 atom stereocenters. The van der Waals surface area contributed by atoms with E-state index in [4.69, 9.17) is 4.74 Å². The number of ether oxygens (including phenoxy) is 1. The van der Waals surface area contributed by atoms with Crippen molar-refractivity contribution in [3.63, 3.8) is 0 Å². The maximum atomic E-state index is 13.1. The van der Waals surface area contributed by atoms with Crippen LogP contribution in [0.5, 0.6) is 0 Å². The van der Waals surface area contributed by atoms with Crippen molar-refractivity contribution in [3.8, 4) is 0 Å². The first kappa shape index (κ1) is 22.3. The predicted octanol–water partition coefficient (Wildman–Crippen LogP) is 2.66. The summed E-state index contributed by atoms with van der Waals surface area (Å²) in [5.74, 6) is -0.0526. The molecule has 2 fully saturated rings. The molecule has 0 aromatic heterocycles. The summed E-state index contributed by atoms with van der Waals surface area (Å²) in [6.07, 6.45) is 1.51. The third-order valence-corrected chi connectivity index (χ3v) is 6.20. The van der Waals surface area contributed by atoms with E-state index in [2.05, 4.69) is 27.7 Å². The minimum Gasteiger partial charge on any atom is -0.379 e. The van der Waals surface area contributed by atoms with Crippen LogP contribution in [0.3, 0.4) is 0 Å². The van der Waals surface area contributed by atoms with E-state index in [1.54, 1.807) is 0 Å². The topological polar surface area (TPSA) is 73.9 Å². The number of morpholine rings is 1. The summed E-state index contributed by atoms with van der Waals surface area (Å²) in [6, 6.07) is 19.4. The van der Waals surface area contributed by atoms with E-state index in [1.807, 2.05) is 53.4 Å². The fraction of sp³-hybridized carbons (Fsp3) is 0.440. The van der Waals surface area contributed by atoms with Gasteiger partial charge in [-0.15, -0.1) is 0 Å². The minimum absolute atomic E-state index is 0.0417. The highest BCUT2D eigenvalue weighted by Gasteiger charge is 2.27. The first-order valence-corrected chi connectivity index (χ1v) is 11.5. The van der Waals surface area contributed by atoms with Gasteiger partial charge in [-0.3, -0.25) is 9.69 Å². The van der Waals surface area contributed by atoms with Crippen LogP contribution in [0.4, 0.5) is 4.79 Å². The average Bonchev–Trinajstić information content (AvgIpc) is 2.86. The number of nitrogens with zero attached hydrogens (tertiary/aromatic N) is 2. The maximum Gasteiger partial charge on any atom is 0.317 e. The lowest BCUT2D eigenvalue weighted by Gasteiger charge is -2.35. The number of amides is 3. The van der Waals surface area contributed by atoms with Gasteiger partial charge in [0.1, 0.15) is 0 Å². The van der Waals surface area contributed by atoms with E-state index in [0.717, 1.165) is 51.3 Å². The quantitative estimate of drug-likeness (QED) is 0.730. The minimum atomic E-state index is -0.0719. The second kappa shape index (κ2) is 11.1. The van der Waals surface area contributed by atoms with Crippen molar-refractivity contribution in [1.82, 2.24) is 20.4 Å². The Bertz CT molecular complexity index is 863. The fourth-order valence-corrected chi connectivity index (χ4v) is 4.29. The third kappa shape index (κ3) is 6.08. The molecule has 3 amide bonds. The van der Waals surface area contributed by atoms with Crippen molar-refractivity contribution in [2.45, 2.75) is 24.9 Å². The molecule has 0 saturated carbocycles. The molecule has 4 rings (SSSR count). The molecule has 0 spiro atoms. The number of carbonyl (C=O) groups excluding carboxylic acids is 2. The summed E-state index contributed by atoms with van der Waals surface area (Å²) in [5, 5.41) is 6.35. The highest BCUT2D eigenvalue weighted by molar-refractivity contribution is 5.94. The van der Waals surface area contributed by atoms with Crippen LogP contribution in [0.1, 0.15) is 34.8 Å². The average molecular weight is 437 g/mol. The van der Waals surface area contributed by atoms with Crippen molar-refractivity contribution in [2.24, 2.45) is 0 Å². The van der Waals surface area contributed by atoms with Crippen molar-refractivity contribution < 1.29 is 14.3 Å². The zero-order chi connectivity index (χ0) is 22.2. The Hall–Kier alpha value is -2.90. The van der Waals surface area contributed by atoms with E-state index in [0.29, 0.717) is 18.7 Å². The maximum absolute atomic E-state index is 13.1. The SMILES string of the molecule is O=C(NC1CCN(C(=O)NC(CN2CCOCC2)c2ccccc2)CC1)c1ccccc1. The number of carbonyl (C=O) groups is 2. The van der Waals surface area contributed by atoms with E-state index in [1.165, 1.54) is 0 Å². The first-order valence-electron chi connectivity index (χ1n) is 11.5.